The van der Waals surface area contributed by atoms with Crippen molar-refractivity contribution in [2.75, 3.05) is 57.7 Å². The number of carbonyl (C=O) groups excluding carboxylic acids is 2. The van der Waals surface area contributed by atoms with Crippen molar-refractivity contribution in [1.82, 2.24) is 14.7 Å². The van der Waals surface area contributed by atoms with Gasteiger partial charge in [0.2, 0.25) is 11.8 Å². The molecule has 0 saturated carbocycles. The zero-order chi connectivity index (χ0) is 18.5. The Morgan fingerprint density at radius 1 is 1.00 bits per heavy atom. The molecule has 1 aromatic carbocycles. The molecular weight excluding hydrogens is 352 g/mol. The second-order valence-electron chi connectivity index (χ2n) is 7.15. The molecule has 0 radical (unpaired) electrons. The van der Waals surface area contributed by atoms with Crippen LogP contribution in [-0.2, 0) is 9.59 Å². The van der Waals surface area contributed by atoms with E-state index in [4.69, 9.17) is 11.6 Å². The lowest BCUT2D eigenvalue weighted by Gasteiger charge is -2.34. The monoisotopic (exact) mass is 378 g/mol. The van der Waals surface area contributed by atoms with Gasteiger partial charge in [-0.25, -0.2) is 0 Å². The van der Waals surface area contributed by atoms with Gasteiger partial charge in [0.05, 0.1) is 13.1 Å². The standard InChI is InChI=1S/C19H27ClN4O2/c1-15-4-5-16(12-17(15)20)21-18(25)13-22-8-10-23(11-9-22)14-19(26)24-6-2-3-7-24/h4-5,12H,2-3,6-11,13-14H2,1H3,(H,21,25). The normalized spacial score (nSPS) is 18.9. The van der Waals surface area contributed by atoms with Crippen LogP contribution in [-0.4, -0.2) is 78.9 Å². The van der Waals surface area contributed by atoms with Gasteiger partial charge < -0.3 is 10.2 Å². The van der Waals surface area contributed by atoms with Crippen LogP contribution in [0.4, 0.5) is 5.69 Å². The first-order valence-electron chi connectivity index (χ1n) is 9.30. The number of rotatable bonds is 5. The molecular formula is C19H27ClN4O2. The van der Waals surface area contributed by atoms with Crippen LogP contribution in [0.2, 0.25) is 5.02 Å². The maximum atomic E-state index is 12.2. The maximum absolute atomic E-state index is 12.2. The number of halogens is 1. The van der Waals surface area contributed by atoms with E-state index in [0.717, 1.165) is 63.4 Å². The van der Waals surface area contributed by atoms with Crippen molar-refractivity contribution >= 4 is 29.1 Å². The minimum atomic E-state index is -0.0356. The number of likely N-dealkylation sites (tertiary alicyclic amines) is 1. The first-order chi connectivity index (χ1) is 12.5. The van der Waals surface area contributed by atoms with Crippen LogP contribution in [0.5, 0.6) is 0 Å². The van der Waals surface area contributed by atoms with Gasteiger partial charge in [-0.2, -0.15) is 0 Å². The van der Waals surface area contributed by atoms with Crippen molar-refractivity contribution in [3.8, 4) is 0 Å². The molecule has 1 N–H and O–H groups in total. The van der Waals surface area contributed by atoms with Crippen molar-refractivity contribution in [3.05, 3.63) is 28.8 Å². The van der Waals surface area contributed by atoms with E-state index in [-0.39, 0.29) is 11.8 Å². The summed E-state index contributed by atoms with van der Waals surface area (Å²) in [7, 11) is 0. The fourth-order valence-electron chi connectivity index (χ4n) is 3.44. The van der Waals surface area contributed by atoms with Crippen LogP contribution in [0.15, 0.2) is 18.2 Å². The predicted octanol–water partition coefficient (Wildman–Crippen LogP) is 1.83. The van der Waals surface area contributed by atoms with Gasteiger partial charge in [-0.1, -0.05) is 17.7 Å². The van der Waals surface area contributed by atoms with Gasteiger partial charge in [0.1, 0.15) is 0 Å². The number of anilines is 1. The average molecular weight is 379 g/mol. The molecule has 7 heteroatoms. The van der Waals surface area contributed by atoms with Crippen LogP contribution in [0.1, 0.15) is 18.4 Å². The number of piperazine rings is 1. The zero-order valence-corrected chi connectivity index (χ0v) is 16.1. The zero-order valence-electron chi connectivity index (χ0n) is 15.3. The summed E-state index contributed by atoms with van der Waals surface area (Å²) >= 11 is 6.10. The van der Waals surface area contributed by atoms with Gasteiger partial charge in [0.25, 0.3) is 0 Å². The molecule has 2 aliphatic heterocycles. The van der Waals surface area contributed by atoms with Gasteiger partial charge in [-0.05, 0) is 37.5 Å². The van der Waals surface area contributed by atoms with Crippen LogP contribution < -0.4 is 5.32 Å². The summed E-state index contributed by atoms with van der Waals surface area (Å²) < 4.78 is 0. The molecule has 2 aliphatic rings. The number of amides is 2. The Morgan fingerprint density at radius 2 is 1.62 bits per heavy atom. The SMILES string of the molecule is Cc1ccc(NC(=O)CN2CCN(CC(=O)N3CCCC3)CC2)cc1Cl. The Balaban J connectivity index is 1.39. The highest BCUT2D eigenvalue weighted by Gasteiger charge is 2.24. The largest absolute Gasteiger partial charge is 0.342 e. The molecule has 0 aromatic heterocycles. The number of carbonyl (C=O) groups is 2. The molecule has 2 fully saturated rings. The molecule has 0 spiro atoms. The van der Waals surface area contributed by atoms with E-state index in [2.05, 4.69) is 15.1 Å². The van der Waals surface area contributed by atoms with Crippen molar-refractivity contribution in [2.24, 2.45) is 0 Å². The molecule has 2 heterocycles. The number of nitrogens with zero attached hydrogens (tertiary/aromatic N) is 3. The minimum absolute atomic E-state index is 0.0356. The lowest BCUT2D eigenvalue weighted by Crippen LogP contribution is -2.51. The highest BCUT2D eigenvalue weighted by molar-refractivity contribution is 6.31. The predicted molar refractivity (Wildman–Crippen MR) is 104 cm³/mol. The fourth-order valence-corrected chi connectivity index (χ4v) is 3.62. The molecule has 2 saturated heterocycles. The minimum Gasteiger partial charge on any atom is -0.342 e. The molecule has 2 amide bonds. The van der Waals surface area contributed by atoms with E-state index in [0.29, 0.717) is 18.1 Å². The van der Waals surface area contributed by atoms with Crippen molar-refractivity contribution in [1.29, 1.82) is 0 Å². The number of hydrogen-bond donors (Lipinski definition) is 1. The number of benzene rings is 1. The number of hydrogen-bond acceptors (Lipinski definition) is 4. The lowest BCUT2D eigenvalue weighted by molar-refractivity contribution is -0.132. The number of aryl methyl sites for hydroxylation is 1. The van der Waals surface area contributed by atoms with Gasteiger partial charge in [-0.3, -0.25) is 19.4 Å². The second-order valence-corrected chi connectivity index (χ2v) is 7.56. The van der Waals surface area contributed by atoms with Gasteiger partial charge in [0.15, 0.2) is 0 Å². The molecule has 0 unspecified atom stereocenters. The second kappa shape index (κ2) is 8.84. The van der Waals surface area contributed by atoms with Crippen molar-refractivity contribution in [3.63, 3.8) is 0 Å². The molecule has 0 aliphatic carbocycles. The Morgan fingerprint density at radius 3 is 2.23 bits per heavy atom. The third-order valence-electron chi connectivity index (χ3n) is 5.11. The Kier molecular flexibility index (Phi) is 6.51. The molecule has 0 atom stereocenters. The van der Waals surface area contributed by atoms with Gasteiger partial charge in [-0.15, -0.1) is 0 Å². The quantitative estimate of drug-likeness (QED) is 0.849. The van der Waals surface area contributed by atoms with Crippen LogP contribution in [0.25, 0.3) is 0 Å². The summed E-state index contributed by atoms with van der Waals surface area (Å²) in [6.45, 7) is 7.85. The first-order valence-corrected chi connectivity index (χ1v) is 9.67. The first kappa shape index (κ1) is 19.1. The summed E-state index contributed by atoms with van der Waals surface area (Å²) in [6.07, 6.45) is 2.25. The van der Waals surface area contributed by atoms with Crippen molar-refractivity contribution < 1.29 is 9.59 Å². The highest BCUT2D eigenvalue weighted by Crippen LogP contribution is 2.20. The third-order valence-corrected chi connectivity index (χ3v) is 5.51. The van der Waals surface area contributed by atoms with Crippen molar-refractivity contribution in [2.45, 2.75) is 19.8 Å². The maximum Gasteiger partial charge on any atom is 0.238 e. The Labute approximate surface area is 160 Å². The Bertz CT molecular complexity index is 653. The molecule has 0 bridgehead atoms. The molecule has 142 valence electrons. The lowest BCUT2D eigenvalue weighted by atomic mass is 10.2. The van der Waals surface area contributed by atoms with Crippen LogP contribution in [0.3, 0.4) is 0 Å². The van der Waals surface area contributed by atoms with E-state index in [1.165, 1.54) is 0 Å². The smallest absolute Gasteiger partial charge is 0.238 e. The van der Waals surface area contributed by atoms with E-state index >= 15 is 0 Å². The third kappa shape index (κ3) is 5.19. The summed E-state index contributed by atoms with van der Waals surface area (Å²) in [5, 5.41) is 3.55. The molecule has 1 aromatic rings. The molecule has 6 nitrogen and oxygen atoms in total. The van der Waals surface area contributed by atoms with E-state index in [1.807, 2.05) is 24.0 Å². The summed E-state index contributed by atoms with van der Waals surface area (Å²) in [5.74, 6) is 0.205. The summed E-state index contributed by atoms with van der Waals surface area (Å²) in [6, 6.07) is 5.53. The average Bonchev–Trinajstić information content (AvgIpc) is 3.15. The fraction of sp³-hybridized carbons (Fsp3) is 0.579. The number of nitrogens with one attached hydrogen (secondary N) is 1. The van der Waals surface area contributed by atoms with Gasteiger partial charge >= 0.3 is 0 Å². The molecule has 3 rings (SSSR count). The van der Waals surface area contributed by atoms with E-state index in [1.54, 1.807) is 6.07 Å². The topological polar surface area (TPSA) is 55.9 Å². The highest BCUT2D eigenvalue weighted by atomic mass is 35.5. The summed E-state index contributed by atoms with van der Waals surface area (Å²) in [4.78, 5) is 30.7. The molecule has 26 heavy (non-hydrogen) atoms. The van der Waals surface area contributed by atoms with E-state index in [9.17, 15) is 9.59 Å². The van der Waals surface area contributed by atoms with Crippen LogP contribution >= 0.6 is 11.6 Å². The van der Waals surface area contributed by atoms with E-state index < -0.39 is 0 Å². The summed E-state index contributed by atoms with van der Waals surface area (Å²) in [5.41, 5.74) is 1.71. The van der Waals surface area contributed by atoms with Crippen LogP contribution in [0, 0.1) is 6.92 Å². The van der Waals surface area contributed by atoms with Gasteiger partial charge in [0, 0.05) is 50.0 Å². The Hall–Kier alpha value is -1.63.